The molecule has 2 atom stereocenters. The molecule has 1 fully saturated rings. The highest BCUT2D eigenvalue weighted by Crippen LogP contribution is 2.24. The van der Waals surface area contributed by atoms with Gasteiger partial charge in [0, 0.05) is 24.1 Å². The number of aliphatic carboxylic acids is 1. The summed E-state index contributed by atoms with van der Waals surface area (Å²) >= 11 is 1.75. The Balaban J connectivity index is 2.79. The summed E-state index contributed by atoms with van der Waals surface area (Å²) in [6.07, 6.45) is 0.901. The molecule has 0 amide bonds. The zero-order chi connectivity index (χ0) is 12.3. The van der Waals surface area contributed by atoms with Gasteiger partial charge in [-0.2, -0.15) is 16.1 Å². The van der Waals surface area contributed by atoms with Gasteiger partial charge in [-0.15, -0.1) is 0 Å². The van der Waals surface area contributed by atoms with Crippen molar-refractivity contribution in [3.05, 3.63) is 0 Å². The Morgan fingerprint density at radius 3 is 2.75 bits per heavy atom. The average Bonchev–Trinajstić information content (AvgIpc) is 2.27. The summed E-state index contributed by atoms with van der Waals surface area (Å²) in [5.41, 5.74) is 0. The molecular formula is C9H17NO4S2. The van der Waals surface area contributed by atoms with E-state index in [0.29, 0.717) is 13.1 Å². The van der Waals surface area contributed by atoms with Crippen molar-refractivity contribution in [2.24, 2.45) is 0 Å². The second kappa shape index (κ2) is 5.37. The molecule has 1 N–H and O–H groups in total. The molecule has 0 aromatic heterocycles. The van der Waals surface area contributed by atoms with E-state index in [1.165, 1.54) is 11.2 Å². The quantitative estimate of drug-likeness (QED) is 0.808. The van der Waals surface area contributed by atoms with E-state index in [2.05, 4.69) is 0 Å². The molecule has 2 unspecified atom stereocenters. The minimum Gasteiger partial charge on any atom is -0.480 e. The van der Waals surface area contributed by atoms with E-state index in [1.807, 2.05) is 6.92 Å². The maximum Gasteiger partial charge on any atom is 0.323 e. The number of rotatable bonds is 4. The predicted octanol–water partition coefficient (Wildman–Crippen LogP) is 0.617. The number of hydrogen-bond donors (Lipinski definition) is 1. The van der Waals surface area contributed by atoms with Gasteiger partial charge in [0.05, 0.1) is 0 Å². The number of nitrogens with zero attached hydrogens (tertiary/aromatic N) is 1. The van der Waals surface area contributed by atoms with Crippen LogP contribution in [-0.4, -0.2) is 53.1 Å². The summed E-state index contributed by atoms with van der Waals surface area (Å²) in [4.78, 5) is 10.7. The third-order valence-corrected chi connectivity index (χ3v) is 6.23. The normalized spacial score (nSPS) is 25.2. The maximum atomic E-state index is 11.9. The highest BCUT2D eigenvalue weighted by Gasteiger charge is 2.36. The van der Waals surface area contributed by atoms with Gasteiger partial charge in [0.1, 0.15) is 0 Å². The van der Waals surface area contributed by atoms with Crippen LogP contribution in [-0.2, 0) is 14.8 Å². The van der Waals surface area contributed by atoms with Crippen LogP contribution in [0.15, 0.2) is 0 Å². The lowest BCUT2D eigenvalue weighted by molar-refractivity contribution is -0.136. The van der Waals surface area contributed by atoms with Crippen molar-refractivity contribution < 1.29 is 18.3 Å². The molecule has 0 aromatic rings. The highest BCUT2D eigenvalue weighted by atomic mass is 32.2. The van der Waals surface area contributed by atoms with Crippen LogP contribution in [0.25, 0.3) is 0 Å². The minimum absolute atomic E-state index is 0.282. The lowest BCUT2D eigenvalue weighted by atomic mass is 10.3. The topological polar surface area (TPSA) is 74.7 Å². The molecule has 1 heterocycles. The van der Waals surface area contributed by atoms with Crippen LogP contribution in [0.2, 0.25) is 0 Å². The number of carboxylic acids is 1. The SMILES string of the molecule is CCC1CN(S(=O)(=O)C(C)C(=O)O)CCS1. The van der Waals surface area contributed by atoms with Crippen molar-refractivity contribution >= 4 is 27.8 Å². The number of hydrogen-bond acceptors (Lipinski definition) is 4. The van der Waals surface area contributed by atoms with Gasteiger partial charge < -0.3 is 5.11 Å². The second-order valence-corrected chi connectivity index (χ2v) is 7.45. The first-order chi connectivity index (χ1) is 7.39. The molecule has 0 bridgehead atoms. The molecule has 0 saturated carbocycles. The fourth-order valence-electron chi connectivity index (χ4n) is 1.52. The van der Waals surface area contributed by atoms with E-state index in [1.54, 1.807) is 11.8 Å². The monoisotopic (exact) mass is 267 g/mol. The third-order valence-electron chi connectivity index (χ3n) is 2.71. The van der Waals surface area contributed by atoms with Gasteiger partial charge in [0.2, 0.25) is 10.0 Å². The van der Waals surface area contributed by atoms with Crippen LogP contribution in [0.5, 0.6) is 0 Å². The van der Waals surface area contributed by atoms with Crippen molar-refractivity contribution in [3.63, 3.8) is 0 Å². The van der Waals surface area contributed by atoms with Gasteiger partial charge in [-0.3, -0.25) is 4.79 Å². The lowest BCUT2D eigenvalue weighted by Crippen LogP contribution is -2.47. The van der Waals surface area contributed by atoms with Gasteiger partial charge in [-0.25, -0.2) is 8.42 Å². The standard InChI is InChI=1S/C9H17NO4S2/c1-3-8-6-10(4-5-15-8)16(13,14)7(2)9(11)12/h7-8H,3-6H2,1-2H3,(H,11,12). The molecule has 1 saturated heterocycles. The van der Waals surface area contributed by atoms with Crippen LogP contribution in [0, 0.1) is 0 Å². The summed E-state index contributed by atoms with van der Waals surface area (Å²) < 4.78 is 25.2. The van der Waals surface area contributed by atoms with E-state index < -0.39 is 21.2 Å². The molecule has 1 aliphatic heterocycles. The Morgan fingerprint density at radius 2 is 2.25 bits per heavy atom. The van der Waals surface area contributed by atoms with E-state index >= 15 is 0 Å². The Hall–Kier alpha value is -0.270. The van der Waals surface area contributed by atoms with Crippen LogP contribution in [0.3, 0.4) is 0 Å². The van der Waals surface area contributed by atoms with Crippen molar-refractivity contribution in [1.29, 1.82) is 0 Å². The summed E-state index contributed by atoms with van der Waals surface area (Å²) in [7, 11) is -3.68. The molecule has 1 rings (SSSR count). The molecule has 0 aliphatic carbocycles. The molecule has 7 heteroatoms. The fraction of sp³-hybridized carbons (Fsp3) is 0.889. The van der Waals surface area contributed by atoms with E-state index in [0.717, 1.165) is 12.2 Å². The van der Waals surface area contributed by atoms with Gasteiger partial charge in [0.25, 0.3) is 0 Å². The number of thioether (sulfide) groups is 1. The Morgan fingerprint density at radius 1 is 1.62 bits per heavy atom. The van der Waals surface area contributed by atoms with Crippen LogP contribution in [0.1, 0.15) is 20.3 Å². The number of carbonyl (C=O) groups is 1. The molecule has 94 valence electrons. The van der Waals surface area contributed by atoms with Crippen LogP contribution < -0.4 is 0 Å². The van der Waals surface area contributed by atoms with Crippen molar-refractivity contribution in [2.45, 2.75) is 30.8 Å². The Labute approximate surface area is 100 Å². The first kappa shape index (κ1) is 13.8. The van der Waals surface area contributed by atoms with Crippen LogP contribution >= 0.6 is 11.8 Å². The van der Waals surface area contributed by atoms with Crippen LogP contribution in [0.4, 0.5) is 0 Å². The summed E-state index contributed by atoms with van der Waals surface area (Å²) in [5, 5.41) is 7.69. The molecule has 1 aliphatic rings. The average molecular weight is 267 g/mol. The van der Waals surface area contributed by atoms with Crippen molar-refractivity contribution in [1.82, 2.24) is 4.31 Å². The van der Waals surface area contributed by atoms with E-state index in [9.17, 15) is 13.2 Å². The van der Waals surface area contributed by atoms with Gasteiger partial charge in [0.15, 0.2) is 5.25 Å². The first-order valence-electron chi connectivity index (χ1n) is 5.23. The summed E-state index contributed by atoms with van der Waals surface area (Å²) in [6, 6.07) is 0. The molecule has 0 spiro atoms. The van der Waals surface area contributed by atoms with Gasteiger partial charge >= 0.3 is 5.97 Å². The summed E-state index contributed by atoms with van der Waals surface area (Å²) in [5.74, 6) is -0.546. The van der Waals surface area contributed by atoms with Crippen molar-refractivity contribution in [2.75, 3.05) is 18.8 Å². The van der Waals surface area contributed by atoms with Gasteiger partial charge in [-0.05, 0) is 13.3 Å². The maximum absolute atomic E-state index is 11.9. The smallest absolute Gasteiger partial charge is 0.323 e. The lowest BCUT2D eigenvalue weighted by Gasteiger charge is -2.32. The molecule has 16 heavy (non-hydrogen) atoms. The first-order valence-corrected chi connectivity index (χ1v) is 7.78. The Kier molecular flexibility index (Phi) is 4.63. The zero-order valence-electron chi connectivity index (χ0n) is 9.42. The van der Waals surface area contributed by atoms with E-state index in [-0.39, 0.29) is 5.25 Å². The second-order valence-electron chi connectivity index (χ2n) is 3.78. The molecule has 5 nitrogen and oxygen atoms in total. The van der Waals surface area contributed by atoms with E-state index in [4.69, 9.17) is 5.11 Å². The molecule has 0 aromatic carbocycles. The highest BCUT2D eigenvalue weighted by molar-refractivity contribution is 8.00. The molecular weight excluding hydrogens is 250 g/mol. The number of sulfonamides is 1. The zero-order valence-corrected chi connectivity index (χ0v) is 11.1. The van der Waals surface area contributed by atoms with Gasteiger partial charge in [-0.1, -0.05) is 6.92 Å². The van der Waals surface area contributed by atoms with Crippen molar-refractivity contribution in [3.8, 4) is 0 Å². The Bertz CT molecular complexity index is 355. The predicted molar refractivity (Wildman–Crippen MR) is 64.1 cm³/mol. The third kappa shape index (κ3) is 2.89. The largest absolute Gasteiger partial charge is 0.480 e. The summed E-state index contributed by atoms with van der Waals surface area (Å²) in [6.45, 7) is 4.08. The molecule has 0 radical (unpaired) electrons. The minimum atomic E-state index is -3.68. The number of carboxylic acid groups (broad SMARTS) is 1. The fourth-order valence-corrected chi connectivity index (χ4v) is 4.35.